The lowest BCUT2D eigenvalue weighted by Gasteiger charge is -2.37. The largest absolute Gasteiger partial charge is 0.488 e. The van der Waals surface area contributed by atoms with Crippen LogP contribution in [0.1, 0.15) is 27.0 Å². The van der Waals surface area contributed by atoms with Crippen molar-refractivity contribution in [1.29, 1.82) is 0 Å². The van der Waals surface area contributed by atoms with E-state index < -0.39 is 5.82 Å². The van der Waals surface area contributed by atoms with Crippen molar-refractivity contribution in [2.75, 3.05) is 26.2 Å². The topological polar surface area (TPSA) is 63.0 Å². The first-order chi connectivity index (χ1) is 15.6. The molecule has 1 aliphatic rings. The Morgan fingerprint density at radius 1 is 1.28 bits per heavy atom. The maximum atomic E-state index is 14.0. The fourth-order valence-corrected chi connectivity index (χ4v) is 4.72. The molecule has 0 saturated heterocycles. The zero-order valence-electron chi connectivity index (χ0n) is 17.4. The van der Waals surface area contributed by atoms with Gasteiger partial charge in [0.25, 0.3) is 5.91 Å². The molecule has 1 aromatic carbocycles. The number of carbonyl (C=O) groups is 2. The Bertz CT molecular complexity index is 1100. The maximum absolute atomic E-state index is 14.0. The summed E-state index contributed by atoms with van der Waals surface area (Å²) in [4.78, 5) is 30.4. The van der Waals surface area contributed by atoms with Crippen LogP contribution in [-0.2, 0) is 11.2 Å². The quantitative estimate of drug-likeness (QED) is 0.476. The number of rotatable bonds is 8. The van der Waals surface area contributed by atoms with Crippen LogP contribution in [0.2, 0.25) is 0 Å². The second-order valence-electron chi connectivity index (χ2n) is 7.35. The highest BCUT2D eigenvalue weighted by atomic mass is 32.1. The normalized spacial score (nSPS) is 15.2. The van der Waals surface area contributed by atoms with Crippen LogP contribution in [0.25, 0.3) is 0 Å². The third kappa shape index (κ3) is 4.60. The Hall–Kier alpha value is -3.39. The molecule has 1 aliphatic heterocycles. The summed E-state index contributed by atoms with van der Waals surface area (Å²) in [6, 6.07) is 11.0. The number of para-hydroxylation sites is 1. The summed E-state index contributed by atoms with van der Waals surface area (Å²) in [5.41, 5.74) is 0.999. The minimum atomic E-state index is -0.451. The van der Waals surface area contributed by atoms with E-state index in [4.69, 9.17) is 9.15 Å². The number of ether oxygens (including phenoxy) is 1. The van der Waals surface area contributed by atoms with Gasteiger partial charge in [0.15, 0.2) is 17.3 Å². The monoisotopic (exact) mass is 454 g/mol. The molecule has 1 unspecified atom stereocenters. The van der Waals surface area contributed by atoms with Gasteiger partial charge in [-0.15, -0.1) is 17.9 Å². The number of nitrogens with zero attached hydrogens (tertiary/aromatic N) is 2. The molecule has 166 valence electrons. The van der Waals surface area contributed by atoms with Gasteiger partial charge >= 0.3 is 0 Å². The number of furan rings is 1. The minimum absolute atomic E-state index is 0.115. The van der Waals surface area contributed by atoms with Gasteiger partial charge in [0.05, 0.1) is 12.3 Å². The van der Waals surface area contributed by atoms with E-state index >= 15 is 0 Å². The summed E-state index contributed by atoms with van der Waals surface area (Å²) in [6.45, 7) is 4.38. The van der Waals surface area contributed by atoms with Crippen LogP contribution >= 0.6 is 11.3 Å². The highest BCUT2D eigenvalue weighted by Crippen LogP contribution is 2.34. The van der Waals surface area contributed by atoms with E-state index in [0.717, 1.165) is 12.0 Å². The van der Waals surface area contributed by atoms with Crippen LogP contribution in [0.3, 0.4) is 0 Å². The number of benzene rings is 1. The zero-order chi connectivity index (χ0) is 22.5. The fraction of sp³-hybridized carbons (Fsp3) is 0.250. The average molecular weight is 455 g/mol. The van der Waals surface area contributed by atoms with E-state index in [2.05, 4.69) is 6.58 Å². The lowest BCUT2D eigenvalue weighted by molar-refractivity contribution is -0.135. The number of hydrogen-bond acceptors (Lipinski definition) is 5. The summed E-state index contributed by atoms with van der Waals surface area (Å²) in [5, 5.41) is 1.99. The molecule has 3 aromatic rings. The lowest BCUT2D eigenvalue weighted by Crippen LogP contribution is -2.47. The molecule has 3 heterocycles. The molecule has 0 spiro atoms. The van der Waals surface area contributed by atoms with Gasteiger partial charge in [0.2, 0.25) is 5.91 Å². The first-order valence-corrected chi connectivity index (χ1v) is 11.1. The molecule has 0 bridgehead atoms. The summed E-state index contributed by atoms with van der Waals surface area (Å²) >= 11 is 1.64. The molecule has 0 aliphatic carbocycles. The third-order valence-electron chi connectivity index (χ3n) is 5.34. The third-order valence-corrected chi connectivity index (χ3v) is 6.34. The van der Waals surface area contributed by atoms with E-state index in [9.17, 15) is 14.0 Å². The van der Waals surface area contributed by atoms with Crippen molar-refractivity contribution in [1.82, 2.24) is 9.80 Å². The van der Waals surface area contributed by atoms with Crippen molar-refractivity contribution in [3.63, 3.8) is 0 Å². The van der Waals surface area contributed by atoms with Crippen LogP contribution < -0.4 is 4.74 Å². The summed E-state index contributed by atoms with van der Waals surface area (Å²) in [5.74, 6) is -0.740. The fourth-order valence-electron chi connectivity index (χ4n) is 3.79. The van der Waals surface area contributed by atoms with Gasteiger partial charge in [-0.05, 0) is 47.7 Å². The smallest absolute Gasteiger partial charge is 0.290 e. The standard InChI is InChI=1S/C24H23FN2O4S/c1-2-11-26(24(29)21-8-5-13-30-21)15-23(28)27-12-9-22-17(10-14-32-22)19(27)16-31-20-7-4-3-6-18(20)25/h2-8,10,13-14,19H,1,9,11-12,15-16H2. The molecule has 0 saturated carbocycles. The van der Waals surface area contributed by atoms with E-state index in [-0.39, 0.29) is 49.1 Å². The lowest BCUT2D eigenvalue weighted by atomic mass is 10.0. The van der Waals surface area contributed by atoms with Gasteiger partial charge < -0.3 is 19.0 Å². The van der Waals surface area contributed by atoms with Crippen molar-refractivity contribution in [3.05, 3.63) is 88.8 Å². The summed E-state index contributed by atoms with van der Waals surface area (Å²) in [7, 11) is 0. The first-order valence-electron chi connectivity index (χ1n) is 10.2. The van der Waals surface area contributed by atoms with Crippen LogP contribution in [-0.4, -0.2) is 47.9 Å². The Kier molecular flexibility index (Phi) is 6.70. The molecule has 6 nitrogen and oxygen atoms in total. The highest BCUT2D eigenvalue weighted by Gasteiger charge is 2.34. The van der Waals surface area contributed by atoms with Crippen molar-refractivity contribution in [2.24, 2.45) is 0 Å². The Balaban J connectivity index is 1.53. The molecule has 8 heteroatoms. The van der Waals surface area contributed by atoms with Gasteiger partial charge in [-0.1, -0.05) is 18.2 Å². The first kappa shape index (κ1) is 21.8. The zero-order valence-corrected chi connectivity index (χ0v) is 18.2. The number of hydrogen-bond donors (Lipinski definition) is 0. The molecular formula is C24H23FN2O4S. The molecular weight excluding hydrogens is 431 g/mol. The molecule has 2 aromatic heterocycles. The van der Waals surface area contributed by atoms with Gasteiger partial charge in [0.1, 0.15) is 13.2 Å². The molecule has 0 radical (unpaired) electrons. The Morgan fingerprint density at radius 2 is 2.12 bits per heavy atom. The summed E-state index contributed by atoms with van der Waals surface area (Å²) < 4.78 is 25.0. The van der Waals surface area contributed by atoms with E-state index in [0.29, 0.717) is 6.54 Å². The predicted molar refractivity (Wildman–Crippen MR) is 119 cm³/mol. The Morgan fingerprint density at radius 3 is 2.88 bits per heavy atom. The van der Waals surface area contributed by atoms with E-state index in [1.165, 1.54) is 22.1 Å². The van der Waals surface area contributed by atoms with Gasteiger partial charge in [-0.2, -0.15) is 0 Å². The minimum Gasteiger partial charge on any atom is -0.488 e. The molecule has 2 amide bonds. The molecule has 32 heavy (non-hydrogen) atoms. The van der Waals surface area contributed by atoms with Gasteiger partial charge in [-0.3, -0.25) is 9.59 Å². The Labute approximate surface area is 189 Å². The predicted octanol–water partition coefficient (Wildman–Crippen LogP) is 4.31. The second-order valence-corrected chi connectivity index (χ2v) is 8.35. The number of fused-ring (bicyclic) bond motifs is 1. The van der Waals surface area contributed by atoms with Crippen molar-refractivity contribution < 1.29 is 23.1 Å². The van der Waals surface area contributed by atoms with Crippen molar-refractivity contribution >= 4 is 23.2 Å². The van der Waals surface area contributed by atoms with Crippen LogP contribution in [0.15, 0.2) is 71.2 Å². The molecule has 4 rings (SSSR count). The molecule has 0 fully saturated rings. The van der Waals surface area contributed by atoms with Gasteiger partial charge in [0, 0.05) is 18.0 Å². The van der Waals surface area contributed by atoms with E-state index in [1.54, 1.807) is 52.6 Å². The average Bonchev–Trinajstić information content (AvgIpc) is 3.49. The highest BCUT2D eigenvalue weighted by molar-refractivity contribution is 7.10. The SMILES string of the molecule is C=CCN(CC(=O)N1CCc2sccc2C1COc1ccccc1F)C(=O)c1ccco1. The van der Waals surface area contributed by atoms with Crippen LogP contribution in [0.4, 0.5) is 4.39 Å². The van der Waals surface area contributed by atoms with Crippen molar-refractivity contribution in [3.8, 4) is 5.75 Å². The second kappa shape index (κ2) is 9.82. The molecule has 1 atom stereocenters. The van der Waals surface area contributed by atoms with Crippen LogP contribution in [0, 0.1) is 5.82 Å². The number of amides is 2. The van der Waals surface area contributed by atoms with Crippen LogP contribution in [0.5, 0.6) is 5.75 Å². The van der Waals surface area contributed by atoms with Gasteiger partial charge in [-0.25, -0.2) is 4.39 Å². The van der Waals surface area contributed by atoms with E-state index in [1.807, 2.05) is 11.4 Å². The van der Waals surface area contributed by atoms with Crippen molar-refractivity contribution in [2.45, 2.75) is 12.5 Å². The summed E-state index contributed by atoms with van der Waals surface area (Å²) in [6.07, 6.45) is 3.71. The molecule has 0 N–H and O–H groups in total. The maximum Gasteiger partial charge on any atom is 0.290 e. The number of thiophene rings is 1. The number of carbonyl (C=O) groups excluding carboxylic acids is 2. The number of halogens is 1.